The smallest absolute Gasteiger partial charge is 0.258 e. The molecular formula is C6H10N4O3S. The number of aromatic amines is 1. The Balaban J connectivity index is 2.84. The van der Waals surface area contributed by atoms with Gasteiger partial charge in [-0.05, 0) is 13.0 Å². The van der Waals surface area contributed by atoms with Crippen molar-refractivity contribution in [3.05, 3.63) is 12.3 Å². The Morgan fingerprint density at radius 3 is 2.79 bits per heavy atom. The molecule has 14 heavy (non-hydrogen) atoms. The first-order chi connectivity index (χ1) is 6.43. The third-order valence-electron chi connectivity index (χ3n) is 1.52. The fourth-order valence-corrected chi connectivity index (χ4v) is 1.87. The van der Waals surface area contributed by atoms with Crippen LogP contribution < -0.4 is 10.5 Å². The molecule has 78 valence electrons. The highest BCUT2D eigenvalue weighted by atomic mass is 32.2. The Kier molecular flexibility index (Phi) is 2.87. The first-order valence-corrected chi connectivity index (χ1v) is 5.23. The summed E-state index contributed by atoms with van der Waals surface area (Å²) in [7, 11) is -3.73. The molecule has 0 aliphatic heterocycles. The van der Waals surface area contributed by atoms with Gasteiger partial charge < -0.3 is 5.73 Å². The third-order valence-corrected chi connectivity index (χ3v) is 2.99. The molecule has 0 aliphatic rings. The van der Waals surface area contributed by atoms with Crippen LogP contribution in [0.2, 0.25) is 0 Å². The van der Waals surface area contributed by atoms with Gasteiger partial charge in [0.15, 0.2) is 5.03 Å². The zero-order valence-electron chi connectivity index (χ0n) is 7.39. The van der Waals surface area contributed by atoms with Crippen molar-refractivity contribution in [1.29, 1.82) is 0 Å². The number of carbonyl (C=O) groups excluding carboxylic acids is 1. The molecule has 1 unspecified atom stereocenters. The molecule has 1 heterocycles. The van der Waals surface area contributed by atoms with Crippen LogP contribution in [0.3, 0.4) is 0 Å². The molecule has 1 aromatic heterocycles. The number of nitrogens with one attached hydrogen (secondary N) is 2. The van der Waals surface area contributed by atoms with Gasteiger partial charge in [0.25, 0.3) is 10.0 Å². The minimum Gasteiger partial charge on any atom is -0.368 e. The van der Waals surface area contributed by atoms with Crippen molar-refractivity contribution in [3.63, 3.8) is 0 Å². The molecule has 1 aromatic rings. The number of nitrogens with zero attached hydrogens (tertiary/aromatic N) is 1. The topological polar surface area (TPSA) is 118 Å². The molecule has 0 saturated carbocycles. The van der Waals surface area contributed by atoms with Crippen molar-refractivity contribution < 1.29 is 13.2 Å². The van der Waals surface area contributed by atoms with Crippen LogP contribution in [-0.2, 0) is 14.8 Å². The minimum absolute atomic E-state index is 0.106. The normalized spacial score (nSPS) is 13.8. The summed E-state index contributed by atoms with van der Waals surface area (Å²) in [6.45, 7) is 1.36. The first-order valence-electron chi connectivity index (χ1n) is 3.74. The maximum atomic E-state index is 11.4. The zero-order valence-corrected chi connectivity index (χ0v) is 8.21. The number of rotatable bonds is 4. The van der Waals surface area contributed by atoms with Crippen LogP contribution in [0.1, 0.15) is 6.92 Å². The monoisotopic (exact) mass is 218 g/mol. The van der Waals surface area contributed by atoms with Crippen LogP contribution >= 0.6 is 0 Å². The molecule has 7 nitrogen and oxygen atoms in total. The van der Waals surface area contributed by atoms with Gasteiger partial charge in [-0.15, -0.1) is 0 Å². The highest BCUT2D eigenvalue weighted by Gasteiger charge is 2.20. The van der Waals surface area contributed by atoms with Crippen LogP contribution in [0.15, 0.2) is 17.3 Å². The predicted octanol–water partition coefficient (Wildman–Crippen LogP) is -1.44. The molecule has 0 saturated heterocycles. The van der Waals surface area contributed by atoms with E-state index in [0.717, 1.165) is 0 Å². The number of H-pyrrole nitrogens is 1. The maximum absolute atomic E-state index is 11.4. The quantitative estimate of drug-likeness (QED) is 0.573. The van der Waals surface area contributed by atoms with Crippen molar-refractivity contribution in [2.75, 3.05) is 0 Å². The van der Waals surface area contributed by atoms with E-state index in [9.17, 15) is 13.2 Å². The van der Waals surface area contributed by atoms with Gasteiger partial charge in [0.1, 0.15) is 0 Å². The van der Waals surface area contributed by atoms with Gasteiger partial charge in [-0.1, -0.05) is 0 Å². The average molecular weight is 218 g/mol. The number of amides is 1. The molecule has 0 spiro atoms. The van der Waals surface area contributed by atoms with Crippen molar-refractivity contribution >= 4 is 15.9 Å². The lowest BCUT2D eigenvalue weighted by Crippen LogP contribution is -2.42. The summed E-state index contributed by atoms with van der Waals surface area (Å²) in [4.78, 5) is 10.6. The minimum atomic E-state index is -3.73. The summed E-state index contributed by atoms with van der Waals surface area (Å²) < 4.78 is 24.9. The second-order valence-corrected chi connectivity index (χ2v) is 4.35. The molecule has 1 rings (SSSR count). The standard InChI is InChI=1S/C6H10N4O3S/c1-4(6(7)11)10-14(12,13)5-2-3-8-9-5/h2-4,10H,1H3,(H2,7,11)(H,8,9). The Morgan fingerprint density at radius 1 is 1.71 bits per heavy atom. The summed E-state index contributed by atoms with van der Waals surface area (Å²) in [5, 5.41) is 5.64. The second kappa shape index (κ2) is 3.76. The van der Waals surface area contributed by atoms with E-state index in [1.165, 1.54) is 19.2 Å². The Bertz CT molecular complexity index is 410. The largest absolute Gasteiger partial charge is 0.368 e. The molecule has 0 aromatic carbocycles. The van der Waals surface area contributed by atoms with Gasteiger partial charge in [-0.2, -0.15) is 9.82 Å². The van der Waals surface area contributed by atoms with E-state index >= 15 is 0 Å². The number of nitrogens with two attached hydrogens (primary N) is 1. The lowest BCUT2D eigenvalue weighted by atomic mass is 10.4. The summed E-state index contributed by atoms with van der Waals surface area (Å²) in [6, 6.07) is 0.319. The van der Waals surface area contributed by atoms with Gasteiger partial charge in [0.05, 0.1) is 12.2 Å². The van der Waals surface area contributed by atoms with Crippen LogP contribution in [-0.4, -0.2) is 30.6 Å². The lowest BCUT2D eigenvalue weighted by molar-refractivity contribution is -0.119. The third kappa shape index (κ3) is 2.30. The van der Waals surface area contributed by atoms with Crippen LogP contribution in [0.25, 0.3) is 0 Å². The number of primary amides is 1. The summed E-state index contributed by atoms with van der Waals surface area (Å²) in [5.41, 5.74) is 4.90. The first kappa shape index (κ1) is 10.7. The summed E-state index contributed by atoms with van der Waals surface area (Å²) in [6.07, 6.45) is 1.30. The molecule has 4 N–H and O–H groups in total. The van der Waals surface area contributed by atoms with Crippen molar-refractivity contribution in [2.45, 2.75) is 18.0 Å². The number of hydrogen-bond donors (Lipinski definition) is 3. The average Bonchev–Trinajstić information content (AvgIpc) is 2.54. The Labute approximate surface area is 80.7 Å². The SMILES string of the molecule is CC(NS(=O)(=O)c1ccn[nH]1)C(N)=O. The predicted molar refractivity (Wildman–Crippen MR) is 47.6 cm³/mol. The molecule has 1 atom stereocenters. The van der Waals surface area contributed by atoms with Gasteiger partial charge in [0, 0.05) is 0 Å². The molecule has 0 fully saturated rings. The number of hydrogen-bond acceptors (Lipinski definition) is 4. The van der Waals surface area contributed by atoms with Gasteiger partial charge >= 0.3 is 0 Å². The lowest BCUT2D eigenvalue weighted by Gasteiger charge is -2.08. The van der Waals surface area contributed by atoms with Crippen molar-refractivity contribution in [2.24, 2.45) is 5.73 Å². The van der Waals surface area contributed by atoms with Crippen molar-refractivity contribution in [3.8, 4) is 0 Å². The van der Waals surface area contributed by atoms with E-state index in [1.54, 1.807) is 0 Å². The van der Waals surface area contributed by atoms with Crippen LogP contribution in [0.4, 0.5) is 0 Å². The maximum Gasteiger partial charge on any atom is 0.258 e. The fourth-order valence-electron chi connectivity index (χ4n) is 0.747. The van der Waals surface area contributed by atoms with E-state index in [4.69, 9.17) is 5.73 Å². The molecule has 0 radical (unpaired) electrons. The summed E-state index contributed by atoms with van der Waals surface area (Å²) >= 11 is 0. The van der Waals surface area contributed by atoms with E-state index in [2.05, 4.69) is 14.9 Å². The molecular weight excluding hydrogens is 208 g/mol. The number of sulfonamides is 1. The van der Waals surface area contributed by atoms with E-state index in [-0.39, 0.29) is 5.03 Å². The van der Waals surface area contributed by atoms with Gasteiger partial charge in [-0.3, -0.25) is 9.89 Å². The van der Waals surface area contributed by atoms with Crippen LogP contribution in [0.5, 0.6) is 0 Å². The van der Waals surface area contributed by atoms with E-state index < -0.39 is 22.0 Å². The van der Waals surface area contributed by atoms with Gasteiger partial charge in [-0.25, -0.2) is 8.42 Å². The highest BCUT2D eigenvalue weighted by Crippen LogP contribution is 2.02. The van der Waals surface area contributed by atoms with E-state index in [0.29, 0.717) is 0 Å². The molecule has 1 amide bonds. The fraction of sp³-hybridized carbons (Fsp3) is 0.333. The highest BCUT2D eigenvalue weighted by molar-refractivity contribution is 7.89. The van der Waals surface area contributed by atoms with Crippen molar-refractivity contribution in [1.82, 2.24) is 14.9 Å². The Morgan fingerprint density at radius 2 is 2.36 bits per heavy atom. The molecule has 8 heteroatoms. The molecule has 0 aliphatic carbocycles. The molecule has 0 bridgehead atoms. The second-order valence-electron chi connectivity index (χ2n) is 2.67. The van der Waals surface area contributed by atoms with E-state index in [1.807, 2.05) is 0 Å². The van der Waals surface area contributed by atoms with Crippen LogP contribution in [0, 0.1) is 0 Å². The zero-order chi connectivity index (χ0) is 10.8. The van der Waals surface area contributed by atoms with Gasteiger partial charge in [0.2, 0.25) is 5.91 Å². The number of aromatic nitrogens is 2. The number of carbonyl (C=O) groups is 1. The Hall–Kier alpha value is -1.41. The summed E-state index contributed by atoms with van der Waals surface area (Å²) in [5.74, 6) is -0.743.